The molecule has 7 nitrogen and oxygen atoms in total. The van der Waals surface area contributed by atoms with E-state index in [4.69, 9.17) is 9.47 Å². The van der Waals surface area contributed by atoms with Gasteiger partial charge in [0.15, 0.2) is 5.65 Å². The van der Waals surface area contributed by atoms with Gasteiger partial charge in [-0.05, 0) is 42.0 Å². The van der Waals surface area contributed by atoms with Crippen molar-refractivity contribution in [2.45, 2.75) is 24.4 Å². The number of nitrogens with zero attached hydrogens (tertiary/aromatic N) is 5. The van der Waals surface area contributed by atoms with Gasteiger partial charge in [0.1, 0.15) is 0 Å². The van der Waals surface area contributed by atoms with Crippen LogP contribution >= 0.6 is 0 Å². The van der Waals surface area contributed by atoms with Crippen LogP contribution in [0.15, 0.2) is 48.9 Å². The van der Waals surface area contributed by atoms with Gasteiger partial charge in [-0.2, -0.15) is 23.3 Å². The van der Waals surface area contributed by atoms with E-state index in [9.17, 15) is 13.2 Å². The predicted molar refractivity (Wildman–Crippen MR) is 109 cm³/mol. The Morgan fingerprint density at radius 2 is 1.81 bits per heavy atom. The summed E-state index contributed by atoms with van der Waals surface area (Å²) in [6.07, 6.45) is 1.46. The van der Waals surface area contributed by atoms with Crippen molar-refractivity contribution in [2.24, 2.45) is 0 Å². The van der Waals surface area contributed by atoms with Gasteiger partial charge < -0.3 is 9.47 Å². The molecule has 0 saturated heterocycles. The van der Waals surface area contributed by atoms with Gasteiger partial charge in [-0.3, -0.25) is 0 Å². The van der Waals surface area contributed by atoms with Crippen LogP contribution in [0.5, 0.6) is 11.9 Å². The molecule has 5 rings (SSSR count). The highest BCUT2D eigenvalue weighted by molar-refractivity contribution is 5.68. The lowest BCUT2D eigenvalue weighted by Crippen LogP contribution is -2.04. The summed E-state index contributed by atoms with van der Waals surface area (Å²) in [6, 6.07) is 7.47. The van der Waals surface area contributed by atoms with E-state index < -0.39 is 11.7 Å². The highest BCUT2D eigenvalue weighted by Crippen LogP contribution is 2.56. The molecule has 0 N–H and O–H groups in total. The molecule has 10 heteroatoms. The first-order valence-electron chi connectivity index (χ1n) is 9.86. The molecule has 0 radical (unpaired) electrons. The normalized spacial score (nSPS) is 18.0. The number of aromatic nitrogens is 5. The molecule has 0 bridgehead atoms. The predicted octanol–water partition coefficient (Wildman–Crippen LogP) is 4.49. The van der Waals surface area contributed by atoms with Crippen LogP contribution in [0.4, 0.5) is 13.2 Å². The molecular formula is C22H18F3N5O2. The number of alkyl halides is 3. The largest absolute Gasteiger partial charge is 0.480 e. The van der Waals surface area contributed by atoms with E-state index in [2.05, 4.69) is 20.1 Å². The van der Waals surface area contributed by atoms with E-state index >= 15 is 0 Å². The maximum atomic E-state index is 12.9. The molecular weight excluding hydrogens is 423 g/mol. The Kier molecular flexibility index (Phi) is 4.72. The average molecular weight is 441 g/mol. The summed E-state index contributed by atoms with van der Waals surface area (Å²) >= 11 is 0. The number of methoxy groups -OCH3 is 2. The fraction of sp³-hybridized carbons (Fsp3) is 0.273. The van der Waals surface area contributed by atoms with E-state index in [1.165, 1.54) is 14.2 Å². The Morgan fingerprint density at radius 1 is 1.03 bits per heavy atom. The number of hydrogen-bond acceptors (Lipinski definition) is 6. The summed E-state index contributed by atoms with van der Waals surface area (Å²) in [5.41, 5.74) is 3.09. The summed E-state index contributed by atoms with van der Waals surface area (Å²) < 4.78 is 50.8. The number of imidazole rings is 1. The molecule has 4 aromatic rings. The minimum atomic E-state index is -4.34. The summed E-state index contributed by atoms with van der Waals surface area (Å²) in [5.74, 6) is 0.551. The smallest absolute Gasteiger partial charge is 0.416 e. The van der Waals surface area contributed by atoms with E-state index in [1.807, 2.05) is 6.07 Å². The van der Waals surface area contributed by atoms with E-state index in [0.29, 0.717) is 22.8 Å². The molecule has 1 saturated carbocycles. The molecule has 32 heavy (non-hydrogen) atoms. The lowest BCUT2D eigenvalue weighted by atomic mass is 10.0. The summed E-state index contributed by atoms with van der Waals surface area (Å²) in [6.45, 7) is 0. The average Bonchev–Trinajstić information content (AvgIpc) is 3.45. The maximum absolute atomic E-state index is 12.9. The fourth-order valence-corrected chi connectivity index (χ4v) is 3.95. The minimum Gasteiger partial charge on any atom is -0.480 e. The van der Waals surface area contributed by atoms with Crippen molar-refractivity contribution in [3.8, 4) is 23.1 Å². The van der Waals surface area contributed by atoms with Crippen molar-refractivity contribution in [2.75, 3.05) is 14.2 Å². The van der Waals surface area contributed by atoms with Crippen LogP contribution in [0, 0.1) is 0 Å². The monoisotopic (exact) mass is 441 g/mol. The number of halogens is 3. The fourth-order valence-electron chi connectivity index (χ4n) is 3.95. The number of benzene rings is 1. The van der Waals surface area contributed by atoms with Gasteiger partial charge in [0.2, 0.25) is 5.88 Å². The van der Waals surface area contributed by atoms with Crippen molar-refractivity contribution in [3.05, 3.63) is 65.6 Å². The topological polar surface area (TPSA) is 74.4 Å². The van der Waals surface area contributed by atoms with Crippen LogP contribution in [0.3, 0.4) is 0 Å². The number of rotatable bonds is 5. The number of hydrogen-bond donors (Lipinski definition) is 0. The zero-order valence-electron chi connectivity index (χ0n) is 17.2. The number of fused-ring (bicyclic) bond motifs is 1. The zero-order valence-corrected chi connectivity index (χ0v) is 17.2. The molecule has 1 aromatic carbocycles. The zero-order chi connectivity index (χ0) is 22.5. The molecule has 0 spiro atoms. The molecule has 164 valence electrons. The first-order chi connectivity index (χ1) is 15.4. The quantitative estimate of drug-likeness (QED) is 0.454. The Bertz CT molecular complexity index is 1290. The minimum absolute atomic E-state index is 0.113. The summed E-state index contributed by atoms with van der Waals surface area (Å²) in [7, 11) is 2.97. The van der Waals surface area contributed by atoms with Gasteiger partial charge in [0.25, 0.3) is 0 Å². The Balaban J connectivity index is 1.52. The Hall–Kier alpha value is -3.69. The first-order valence-corrected chi connectivity index (χ1v) is 9.86. The lowest BCUT2D eigenvalue weighted by Gasteiger charge is -2.11. The summed E-state index contributed by atoms with van der Waals surface area (Å²) in [4.78, 5) is 12.8. The van der Waals surface area contributed by atoms with Crippen LogP contribution < -0.4 is 9.47 Å². The van der Waals surface area contributed by atoms with Crippen molar-refractivity contribution in [3.63, 3.8) is 0 Å². The second-order valence-corrected chi connectivity index (χ2v) is 7.53. The van der Waals surface area contributed by atoms with Crippen molar-refractivity contribution < 1.29 is 22.6 Å². The van der Waals surface area contributed by atoms with Crippen LogP contribution in [-0.4, -0.2) is 38.8 Å². The molecule has 0 amide bonds. The Labute approximate surface area is 180 Å². The summed E-state index contributed by atoms with van der Waals surface area (Å²) in [5, 5.41) is 4.61. The molecule has 1 unspecified atom stereocenters. The van der Waals surface area contributed by atoms with Gasteiger partial charge in [-0.1, -0.05) is 12.1 Å². The Morgan fingerprint density at radius 3 is 2.50 bits per heavy atom. The molecule has 0 aliphatic heterocycles. The molecule has 3 aromatic heterocycles. The third-order valence-corrected chi connectivity index (χ3v) is 5.63. The first kappa shape index (κ1) is 20.2. The molecule has 1 fully saturated rings. The van der Waals surface area contributed by atoms with Gasteiger partial charge in [-0.25, -0.2) is 14.5 Å². The second-order valence-electron chi connectivity index (χ2n) is 7.53. The van der Waals surface area contributed by atoms with Gasteiger partial charge >= 0.3 is 12.2 Å². The number of ether oxygens (including phenoxy) is 2. The molecule has 2 atom stereocenters. The van der Waals surface area contributed by atoms with E-state index in [-0.39, 0.29) is 17.8 Å². The molecule has 1 aliphatic carbocycles. The molecule has 1 aliphatic rings. The van der Waals surface area contributed by atoms with Crippen LogP contribution in [0.25, 0.3) is 16.9 Å². The highest BCUT2D eigenvalue weighted by atomic mass is 19.4. The van der Waals surface area contributed by atoms with Crippen molar-refractivity contribution in [1.82, 2.24) is 24.6 Å². The van der Waals surface area contributed by atoms with Crippen LogP contribution in [-0.2, 0) is 6.18 Å². The van der Waals surface area contributed by atoms with Crippen LogP contribution in [0.1, 0.15) is 34.9 Å². The SMILES string of the molecule is COc1ncc(-c2cc(C3C[C@@H]3c3ccc(C(F)(F)F)cc3)c3nccn3n2)c(OC)n1. The second kappa shape index (κ2) is 7.47. The maximum Gasteiger partial charge on any atom is 0.416 e. The van der Waals surface area contributed by atoms with Crippen molar-refractivity contribution in [1.29, 1.82) is 0 Å². The van der Waals surface area contributed by atoms with Crippen molar-refractivity contribution >= 4 is 5.65 Å². The highest BCUT2D eigenvalue weighted by Gasteiger charge is 2.42. The lowest BCUT2D eigenvalue weighted by molar-refractivity contribution is -0.137. The third-order valence-electron chi connectivity index (χ3n) is 5.63. The molecule has 3 heterocycles. The standard InChI is InChI=1S/C22H18F3N5O2/c1-31-20-17(11-27-21(28-20)32-2)18-10-16(19-26-7-8-30(19)29-18)15-9-14(15)12-3-5-13(6-4-12)22(23,24)25/h3-8,10-11,14-15H,9H2,1-2H3/t14-,15?/m1/s1. The van der Waals surface area contributed by atoms with E-state index in [0.717, 1.165) is 29.7 Å². The third kappa shape index (κ3) is 3.51. The van der Waals surface area contributed by atoms with Gasteiger partial charge in [0.05, 0.1) is 31.0 Å². The van der Waals surface area contributed by atoms with E-state index in [1.54, 1.807) is 35.2 Å². The van der Waals surface area contributed by atoms with Gasteiger partial charge in [-0.15, -0.1) is 0 Å². The van der Waals surface area contributed by atoms with Gasteiger partial charge in [0, 0.05) is 24.2 Å². The van der Waals surface area contributed by atoms with Crippen LogP contribution in [0.2, 0.25) is 0 Å².